The van der Waals surface area contributed by atoms with E-state index < -0.39 is 0 Å². The molecule has 0 amide bonds. The zero-order valence-corrected chi connectivity index (χ0v) is 11.0. The average Bonchev–Trinajstić information content (AvgIpc) is 2.96. The number of rotatable bonds is 3. The van der Waals surface area contributed by atoms with Crippen LogP contribution in [-0.2, 0) is 6.54 Å². The van der Waals surface area contributed by atoms with Gasteiger partial charge in [-0.1, -0.05) is 0 Å². The molecule has 2 aromatic heterocycles. The molecular formula is C13H16N6. The molecule has 2 heterocycles. The van der Waals surface area contributed by atoms with Gasteiger partial charge in [0, 0.05) is 10.9 Å². The van der Waals surface area contributed by atoms with Crippen molar-refractivity contribution in [3.63, 3.8) is 0 Å². The minimum Gasteiger partial charge on any atom is -0.324 e. The van der Waals surface area contributed by atoms with Crippen LogP contribution in [0.3, 0.4) is 0 Å². The molecule has 6 nitrogen and oxygen atoms in total. The quantitative estimate of drug-likeness (QED) is 0.767. The zero-order chi connectivity index (χ0) is 13.5. The van der Waals surface area contributed by atoms with Gasteiger partial charge in [0.1, 0.15) is 12.7 Å². The van der Waals surface area contributed by atoms with Gasteiger partial charge in [-0.15, -0.1) is 10.2 Å². The van der Waals surface area contributed by atoms with E-state index in [-0.39, 0.29) is 5.54 Å². The standard InChI is InChI=1S/C13H16N6/c1-13(2,14)7-19-12-5-11(18-8-15-16-9-18)4-3-10(12)6-17-19/h3-6,8-9H,7,14H2,1-2H3. The summed E-state index contributed by atoms with van der Waals surface area (Å²) in [6, 6.07) is 6.13. The minimum atomic E-state index is -0.300. The molecule has 0 bridgehead atoms. The normalized spacial score (nSPS) is 12.2. The Morgan fingerprint density at radius 3 is 2.63 bits per heavy atom. The first-order chi connectivity index (χ1) is 9.03. The van der Waals surface area contributed by atoms with E-state index in [4.69, 9.17) is 5.73 Å². The second-order valence-corrected chi connectivity index (χ2v) is 5.40. The second kappa shape index (κ2) is 4.17. The Bertz CT molecular complexity index is 690. The van der Waals surface area contributed by atoms with Gasteiger partial charge < -0.3 is 5.73 Å². The minimum absolute atomic E-state index is 0.300. The molecule has 6 heteroatoms. The van der Waals surface area contributed by atoms with Crippen molar-refractivity contribution in [2.24, 2.45) is 5.73 Å². The monoisotopic (exact) mass is 256 g/mol. The van der Waals surface area contributed by atoms with Crippen molar-refractivity contribution in [3.05, 3.63) is 37.1 Å². The summed E-state index contributed by atoms with van der Waals surface area (Å²) in [6.45, 7) is 4.65. The highest BCUT2D eigenvalue weighted by Crippen LogP contribution is 2.19. The molecule has 0 radical (unpaired) electrons. The van der Waals surface area contributed by atoms with E-state index in [9.17, 15) is 0 Å². The van der Waals surface area contributed by atoms with Crippen LogP contribution < -0.4 is 5.73 Å². The van der Waals surface area contributed by atoms with E-state index in [1.165, 1.54) is 0 Å². The Balaban J connectivity index is 2.08. The third kappa shape index (κ3) is 2.34. The van der Waals surface area contributed by atoms with Crippen LogP contribution in [0.25, 0.3) is 16.6 Å². The topological polar surface area (TPSA) is 74.6 Å². The van der Waals surface area contributed by atoms with Gasteiger partial charge in [0.25, 0.3) is 0 Å². The maximum absolute atomic E-state index is 6.06. The van der Waals surface area contributed by atoms with Gasteiger partial charge in [-0.2, -0.15) is 5.10 Å². The summed E-state index contributed by atoms with van der Waals surface area (Å²) >= 11 is 0. The van der Waals surface area contributed by atoms with Gasteiger partial charge in [-0.3, -0.25) is 9.25 Å². The van der Waals surface area contributed by atoms with Crippen molar-refractivity contribution in [3.8, 4) is 5.69 Å². The summed E-state index contributed by atoms with van der Waals surface area (Å²) in [5.74, 6) is 0. The van der Waals surface area contributed by atoms with Crippen molar-refractivity contribution in [1.82, 2.24) is 24.5 Å². The fourth-order valence-electron chi connectivity index (χ4n) is 2.07. The van der Waals surface area contributed by atoms with Crippen molar-refractivity contribution >= 4 is 10.9 Å². The van der Waals surface area contributed by atoms with E-state index >= 15 is 0 Å². The van der Waals surface area contributed by atoms with Crippen molar-refractivity contribution in [2.45, 2.75) is 25.9 Å². The first-order valence-electron chi connectivity index (χ1n) is 6.12. The number of hydrogen-bond acceptors (Lipinski definition) is 4. The molecule has 0 aliphatic heterocycles. The Kier molecular flexibility index (Phi) is 2.60. The van der Waals surface area contributed by atoms with E-state index in [1.807, 2.05) is 41.4 Å². The van der Waals surface area contributed by atoms with Crippen LogP contribution in [0.5, 0.6) is 0 Å². The predicted molar refractivity (Wildman–Crippen MR) is 72.9 cm³/mol. The fourth-order valence-corrected chi connectivity index (χ4v) is 2.07. The Hall–Kier alpha value is -2.21. The van der Waals surface area contributed by atoms with Gasteiger partial charge in [0.2, 0.25) is 0 Å². The van der Waals surface area contributed by atoms with Crippen LogP contribution in [0.15, 0.2) is 37.1 Å². The zero-order valence-electron chi connectivity index (χ0n) is 11.0. The Morgan fingerprint density at radius 2 is 1.95 bits per heavy atom. The molecule has 0 saturated carbocycles. The summed E-state index contributed by atoms with van der Waals surface area (Å²) in [5.41, 5.74) is 7.83. The van der Waals surface area contributed by atoms with E-state index in [1.54, 1.807) is 12.7 Å². The molecule has 0 fully saturated rings. The molecular weight excluding hydrogens is 240 g/mol. The molecule has 0 aliphatic carbocycles. The van der Waals surface area contributed by atoms with Crippen LogP contribution >= 0.6 is 0 Å². The van der Waals surface area contributed by atoms with E-state index in [0.717, 1.165) is 16.6 Å². The van der Waals surface area contributed by atoms with Crippen molar-refractivity contribution in [2.75, 3.05) is 0 Å². The number of benzene rings is 1. The smallest absolute Gasteiger partial charge is 0.123 e. The van der Waals surface area contributed by atoms with Crippen LogP contribution in [-0.4, -0.2) is 30.1 Å². The lowest BCUT2D eigenvalue weighted by Gasteiger charge is -2.18. The van der Waals surface area contributed by atoms with Crippen LogP contribution in [0, 0.1) is 0 Å². The number of nitrogens with two attached hydrogens (primary N) is 1. The molecule has 98 valence electrons. The number of nitrogens with zero attached hydrogens (tertiary/aromatic N) is 5. The number of aromatic nitrogens is 5. The third-order valence-electron chi connectivity index (χ3n) is 2.90. The largest absolute Gasteiger partial charge is 0.324 e. The van der Waals surface area contributed by atoms with Gasteiger partial charge >= 0.3 is 0 Å². The average molecular weight is 256 g/mol. The van der Waals surface area contributed by atoms with E-state index in [2.05, 4.69) is 21.4 Å². The number of fused-ring (bicyclic) bond motifs is 1. The molecule has 1 aromatic carbocycles. The molecule has 0 aliphatic rings. The first-order valence-corrected chi connectivity index (χ1v) is 6.12. The van der Waals surface area contributed by atoms with Crippen LogP contribution in [0.4, 0.5) is 0 Å². The molecule has 0 unspecified atom stereocenters. The predicted octanol–water partition coefficient (Wildman–Crippen LogP) is 1.35. The maximum atomic E-state index is 6.06. The highest BCUT2D eigenvalue weighted by Gasteiger charge is 2.14. The van der Waals surface area contributed by atoms with Gasteiger partial charge in [-0.05, 0) is 32.0 Å². The third-order valence-corrected chi connectivity index (χ3v) is 2.90. The Labute approximate surface area is 110 Å². The Morgan fingerprint density at radius 1 is 1.21 bits per heavy atom. The second-order valence-electron chi connectivity index (χ2n) is 5.40. The summed E-state index contributed by atoms with van der Waals surface area (Å²) in [5, 5.41) is 13.1. The molecule has 0 atom stereocenters. The summed E-state index contributed by atoms with van der Waals surface area (Å²) in [4.78, 5) is 0. The number of hydrogen-bond donors (Lipinski definition) is 1. The molecule has 3 aromatic rings. The van der Waals surface area contributed by atoms with Crippen LogP contribution in [0.1, 0.15) is 13.8 Å². The van der Waals surface area contributed by atoms with Gasteiger partial charge in [-0.25, -0.2) is 0 Å². The van der Waals surface area contributed by atoms with Gasteiger partial charge in [0.05, 0.1) is 23.9 Å². The first kappa shape index (κ1) is 11.9. The van der Waals surface area contributed by atoms with Crippen LogP contribution in [0.2, 0.25) is 0 Å². The molecule has 0 spiro atoms. The highest BCUT2D eigenvalue weighted by molar-refractivity contribution is 5.80. The maximum Gasteiger partial charge on any atom is 0.123 e. The summed E-state index contributed by atoms with van der Waals surface area (Å²) in [6.07, 6.45) is 5.21. The highest BCUT2D eigenvalue weighted by atomic mass is 15.3. The SMILES string of the molecule is CC(C)(N)Cn1ncc2ccc(-n3cnnc3)cc21. The fraction of sp³-hybridized carbons (Fsp3) is 0.308. The molecule has 19 heavy (non-hydrogen) atoms. The summed E-state index contributed by atoms with van der Waals surface area (Å²) in [7, 11) is 0. The lowest BCUT2D eigenvalue weighted by atomic mass is 10.1. The summed E-state index contributed by atoms with van der Waals surface area (Å²) < 4.78 is 3.80. The molecule has 0 saturated heterocycles. The molecule has 3 rings (SSSR count). The molecule has 2 N–H and O–H groups in total. The van der Waals surface area contributed by atoms with E-state index in [0.29, 0.717) is 6.54 Å². The van der Waals surface area contributed by atoms with Crippen molar-refractivity contribution in [1.29, 1.82) is 0 Å². The lowest BCUT2D eigenvalue weighted by Crippen LogP contribution is -2.37. The van der Waals surface area contributed by atoms with Crippen molar-refractivity contribution < 1.29 is 0 Å². The lowest BCUT2D eigenvalue weighted by molar-refractivity contribution is 0.416. The van der Waals surface area contributed by atoms with Gasteiger partial charge in [0.15, 0.2) is 0 Å².